The molecule has 1 fully saturated rings. The van der Waals surface area contributed by atoms with Gasteiger partial charge in [0.05, 0.1) is 19.8 Å². The van der Waals surface area contributed by atoms with Gasteiger partial charge in [-0.1, -0.05) is 11.6 Å². The number of aliphatic imine (C=N–C) groups is 1. The lowest BCUT2D eigenvalue weighted by molar-refractivity contribution is 0.0394. The highest BCUT2D eigenvalue weighted by Crippen LogP contribution is 2.10. The highest BCUT2D eigenvalue weighted by Gasteiger charge is 2.12. The Hall–Kier alpha value is -2.48. The molecule has 0 bridgehead atoms. The number of halogens is 2. The van der Waals surface area contributed by atoms with Crippen LogP contribution in [-0.4, -0.2) is 56.2 Å². The molecule has 8 heteroatoms. The summed E-state index contributed by atoms with van der Waals surface area (Å²) < 4.78 is 18.5. The second-order valence-corrected chi connectivity index (χ2v) is 6.71. The molecule has 0 aromatic heterocycles. The van der Waals surface area contributed by atoms with Crippen LogP contribution in [0.1, 0.15) is 10.4 Å². The minimum absolute atomic E-state index is 0.305. The molecular weight excluding hydrogens is 383 g/mol. The van der Waals surface area contributed by atoms with Crippen molar-refractivity contribution in [2.75, 3.05) is 44.7 Å². The van der Waals surface area contributed by atoms with Gasteiger partial charge in [-0.3, -0.25) is 20.0 Å². The fraction of sp³-hybridized carbons (Fsp3) is 0.300. The minimum Gasteiger partial charge on any atom is -0.379 e. The van der Waals surface area contributed by atoms with Gasteiger partial charge in [-0.25, -0.2) is 4.39 Å². The second kappa shape index (κ2) is 10.2. The summed E-state index contributed by atoms with van der Waals surface area (Å²) >= 11 is 5.87. The summed E-state index contributed by atoms with van der Waals surface area (Å²) in [5.41, 5.74) is 1.09. The minimum atomic E-state index is -0.332. The van der Waals surface area contributed by atoms with Crippen molar-refractivity contribution in [1.82, 2.24) is 10.2 Å². The normalized spacial score (nSPS) is 15.3. The zero-order valence-electron chi connectivity index (χ0n) is 15.3. The molecule has 1 saturated heterocycles. The zero-order valence-corrected chi connectivity index (χ0v) is 16.1. The van der Waals surface area contributed by atoms with E-state index in [9.17, 15) is 9.18 Å². The average molecular weight is 405 g/mol. The predicted molar refractivity (Wildman–Crippen MR) is 109 cm³/mol. The third-order valence-corrected chi connectivity index (χ3v) is 4.49. The molecule has 0 atom stereocenters. The van der Waals surface area contributed by atoms with Crippen LogP contribution in [0.2, 0.25) is 5.02 Å². The van der Waals surface area contributed by atoms with Crippen LogP contribution >= 0.6 is 11.6 Å². The van der Waals surface area contributed by atoms with Gasteiger partial charge in [-0.2, -0.15) is 0 Å². The van der Waals surface area contributed by atoms with E-state index in [4.69, 9.17) is 16.3 Å². The zero-order chi connectivity index (χ0) is 19.8. The third kappa shape index (κ3) is 6.30. The Bertz CT molecular complexity index is 806. The summed E-state index contributed by atoms with van der Waals surface area (Å²) in [7, 11) is 0. The number of ether oxygens (including phenoxy) is 1. The summed E-state index contributed by atoms with van der Waals surface area (Å²) in [4.78, 5) is 19.3. The summed E-state index contributed by atoms with van der Waals surface area (Å²) in [5, 5.41) is 6.37. The molecule has 1 aliphatic heterocycles. The van der Waals surface area contributed by atoms with E-state index in [2.05, 4.69) is 20.5 Å². The lowest BCUT2D eigenvalue weighted by atomic mass is 10.2. The molecule has 0 saturated carbocycles. The van der Waals surface area contributed by atoms with Gasteiger partial charge in [-0.05, 0) is 48.5 Å². The number of benzene rings is 2. The number of hydrogen-bond acceptors (Lipinski definition) is 4. The van der Waals surface area contributed by atoms with E-state index in [0.717, 1.165) is 32.8 Å². The van der Waals surface area contributed by atoms with Gasteiger partial charge in [-0.15, -0.1) is 0 Å². The molecule has 1 aliphatic rings. The van der Waals surface area contributed by atoms with Gasteiger partial charge in [0.15, 0.2) is 0 Å². The summed E-state index contributed by atoms with van der Waals surface area (Å²) in [6, 6.07) is 12.4. The number of amides is 1. The molecule has 0 spiro atoms. The Kier molecular flexibility index (Phi) is 7.36. The van der Waals surface area contributed by atoms with Crippen LogP contribution in [0.15, 0.2) is 53.5 Å². The van der Waals surface area contributed by atoms with Crippen molar-refractivity contribution in [2.24, 2.45) is 4.99 Å². The maximum absolute atomic E-state index is 13.1. The Balaban J connectivity index is 1.67. The SMILES string of the molecule is O=C(NC(=NCCN1CCOCC1)Nc1ccc(F)cc1)c1ccc(Cl)cc1. The van der Waals surface area contributed by atoms with E-state index in [1.54, 1.807) is 36.4 Å². The van der Waals surface area contributed by atoms with Gasteiger partial charge < -0.3 is 10.1 Å². The molecular formula is C20H22ClFN4O2. The maximum Gasteiger partial charge on any atom is 0.257 e. The van der Waals surface area contributed by atoms with Gasteiger partial charge in [0.1, 0.15) is 5.82 Å². The van der Waals surface area contributed by atoms with Crippen LogP contribution in [-0.2, 0) is 4.74 Å². The molecule has 1 amide bonds. The number of carbonyl (C=O) groups is 1. The molecule has 2 aromatic rings. The number of guanidine groups is 1. The highest BCUT2D eigenvalue weighted by atomic mass is 35.5. The Morgan fingerprint density at radius 2 is 1.79 bits per heavy atom. The Morgan fingerprint density at radius 3 is 2.46 bits per heavy atom. The van der Waals surface area contributed by atoms with Crippen LogP contribution in [0.4, 0.5) is 10.1 Å². The van der Waals surface area contributed by atoms with Crippen molar-refractivity contribution >= 4 is 29.2 Å². The summed E-state index contributed by atoms with van der Waals surface area (Å²) in [5.74, 6) is -0.335. The molecule has 148 valence electrons. The lowest BCUT2D eigenvalue weighted by Crippen LogP contribution is -2.39. The number of carbonyl (C=O) groups excluding carboxylic acids is 1. The summed E-state index contributed by atoms with van der Waals surface area (Å²) in [6.45, 7) is 4.44. The first-order chi connectivity index (χ1) is 13.6. The number of nitrogens with zero attached hydrogens (tertiary/aromatic N) is 2. The van der Waals surface area contributed by atoms with E-state index in [0.29, 0.717) is 28.8 Å². The van der Waals surface area contributed by atoms with E-state index in [1.807, 2.05) is 0 Å². The molecule has 0 unspecified atom stereocenters. The third-order valence-electron chi connectivity index (χ3n) is 4.24. The van der Waals surface area contributed by atoms with Crippen LogP contribution < -0.4 is 10.6 Å². The first-order valence-electron chi connectivity index (χ1n) is 9.04. The first kappa shape index (κ1) is 20.3. The quantitative estimate of drug-likeness (QED) is 0.594. The smallest absolute Gasteiger partial charge is 0.257 e. The first-order valence-corrected chi connectivity index (χ1v) is 9.42. The molecule has 28 heavy (non-hydrogen) atoms. The van der Waals surface area contributed by atoms with Crippen molar-refractivity contribution in [3.05, 3.63) is 64.9 Å². The van der Waals surface area contributed by atoms with Gasteiger partial charge in [0, 0.05) is 35.9 Å². The predicted octanol–water partition coefficient (Wildman–Crippen LogP) is 3.01. The molecule has 3 rings (SSSR count). The fourth-order valence-corrected chi connectivity index (χ4v) is 2.82. The van der Waals surface area contributed by atoms with Crippen molar-refractivity contribution in [1.29, 1.82) is 0 Å². The van der Waals surface area contributed by atoms with E-state index in [-0.39, 0.29) is 11.7 Å². The molecule has 0 radical (unpaired) electrons. The Morgan fingerprint density at radius 1 is 1.11 bits per heavy atom. The lowest BCUT2D eigenvalue weighted by Gasteiger charge is -2.25. The van der Waals surface area contributed by atoms with Crippen LogP contribution in [0.3, 0.4) is 0 Å². The van der Waals surface area contributed by atoms with E-state index in [1.165, 1.54) is 12.1 Å². The van der Waals surface area contributed by atoms with Crippen LogP contribution in [0.5, 0.6) is 0 Å². The van der Waals surface area contributed by atoms with Crippen LogP contribution in [0.25, 0.3) is 0 Å². The molecule has 0 aliphatic carbocycles. The van der Waals surface area contributed by atoms with E-state index >= 15 is 0 Å². The Labute approximate surface area is 168 Å². The van der Waals surface area contributed by atoms with Gasteiger partial charge in [0.2, 0.25) is 5.96 Å². The molecule has 6 nitrogen and oxygen atoms in total. The van der Waals surface area contributed by atoms with E-state index < -0.39 is 0 Å². The number of anilines is 1. The highest BCUT2D eigenvalue weighted by molar-refractivity contribution is 6.30. The monoisotopic (exact) mass is 404 g/mol. The maximum atomic E-state index is 13.1. The topological polar surface area (TPSA) is 66.0 Å². The molecule has 2 N–H and O–H groups in total. The number of hydrogen-bond donors (Lipinski definition) is 2. The standard InChI is InChI=1S/C20H22ClFN4O2/c21-16-3-1-15(2-4-16)19(27)25-20(24-18-7-5-17(22)6-8-18)23-9-10-26-11-13-28-14-12-26/h1-8H,9-14H2,(H2,23,24,25,27). The van der Waals surface area contributed by atoms with Crippen molar-refractivity contribution in [2.45, 2.75) is 0 Å². The fourth-order valence-electron chi connectivity index (χ4n) is 2.69. The number of morpholine rings is 1. The average Bonchev–Trinajstić information content (AvgIpc) is 2.71. The summed E-state index contributed by atoms with van der Waals surface area (Å²) in [6.07, 6.45) is 0. The second-order valence-electron chi connectivity index (χ2n) is 6.28. The van der Waals surface area contributed by atoms with Crippen LogP contribution in [0, 0.1) is 5.82 Å². The van der Waals surface area contributed by atoms with Gasteiger partial charge in [0.25, 0.3) is 5.91 Å². The van der Waals surface area contributed by atoms with Crippen molar-refractivity contribution in [3.8, 4) is 0 Å². The number of rotatable bonds is 5. The largest absolute Gasteiger partial charge is 0.379 e. The van der Waals surface area contributed by atoms with Crippen molar-refractivity contribution < 1.29 is 13.9 Å². The molecule has 2 aromatic carbocycles. The molecule has 1 heterocycles. The van der Waals surface area contributed by atoms with Gasteiger partial charge >= 0.3 is 0 Å². The number of nitrogens with one attached hydrogen (secondary N) is 2. The van der Waals surface area contributed by atoms with Crippen molar-refractivity contribution in [3.63, 3.8) is 0 Å².